The summed E-state index contributed by atoms with van der Waals surface area (Å²) in [6, 6.07) is 4.81. The SMILES string of the molecule is NS(=O)(=O)CC1CCCN1C(=O)c1ccc(OC(F)F)cc1. The number of halogens is 2. The number of ether oxygens (including phenoxy) is 1. The topological polar surface area (TPSA) is 89.7 Å². The van der Waals surface area contributed by atoms with Crippen molar-refractivity contribution in [3.8, 4) is 5.75 Å². The van der Waals surface area contributed by atoms with E-state index in [4.69, 9.17) is 5.14 Å². The summed E-state index contributed by atoms with van der Waals surface area (Å²) in [5, 5.41) is 5.03. The Balaban J connectivity index is 2.10. The normalized spacial score (nSPS) is 18.7. The molecule has 0 aromatic heterocycles. The highest BCUT2D eigenvalue weighted by Crippen LogP contribution is 2.22. The number of primary sulfonamides is 1. The van der Waals surface area contributed by atoms with Gasteiger partial charge in [-0.3, -0.25) is 4.79 Å². The number of amides is 1. The molecule has 1 saturated heterocycles. The summed E-state index contributed by atoms with van der Waals surface area (Å²) in [6.07, 6.45) is 1.26. The molecule has 0 bridgehead atoms. The van der Waals surface area contributed by atoms with Gasteiger partial charge in [-0.2, -0.15) is 8.78 Å². The number of hydrogen-bond donors (Lipinski definition) is 1. The molecular weight excluding hydrogens is 318 g/mol. The Morgan fingerprint density at radius 3 is 2.55 bits per heavy atom. The fourth-order valence-corrected chi connectivity index (χ4v) is 3.37. The highest BCUT2D eigenvalue weighted by molar-refractivity contribution is 7.89. The van der Waals surface area contributed by atoms with Crippen LogP contribution in [0, 0.1) is 0 Å². The maximum Gasteiger partial charge on any atom is 0.387 e. The van der Waals surface area contributed by atoms with Gasteiger partial charge in [0.15, 0.2) is 0 Å². The summed E-state index contributed by atoms with van der Waals surface area (Å²) in [6.45, 7) is -2.49. The molecule has 9 heteroatoms. The number of alkyl halides is 2. The van der Waals surface area contributed by atoms with Crippen LogP contribution in [0.4, 0.5) is 8.78 Å². The fourth-order valence-electron chi connectivity index (χ4n) is 2.49. The van der Waals surface area contributed by atoms with E-state index in [0.29, 0.717) is 19.4 Å². The number of rotatable bonds is 5. The summed E-state index contributed by atoms with van der Waals surface area (Å²) in [5.74, 6) is -0.686. The second-order valence-corrected chi connectivity index (χ2v) is 6.69. The molecule has 6 nitrogen and oxygen atoms in total. The lowest BCUT2D eigenvalue weighted by Crippen LogP contribution is -2.41. The van der Waals surface area contributed by atoms with E-state index >= 15 is 0 Å². The van der Waals surface area contributed by atoms with Crippen LogP contribution < -0.4 is 9.88 Å². The molecule has 1 aliphatic rings. The Kier molecular flexibility index (Phi) is 4.97. The minimum atomic E-state index is -3.67. The van der Waals surface area contributed by atoms with E-state index in [-0.39, 0.29) is 23.0 Å². The molecule has 1 unspecified atom stereocenters. The minimum absolute atomic E-state index is 0.0472. The summed E-state index contributed by atoms with van der Waals surface area (Å²) in [7, 11) is -3.67. The standard InChI is InChI=1S/C13H16F2N2O4S/c14-13(15)21-11-5-3-9(4-6-11)12(18)17-7-1-2-10(17)8-22(16,19)20/h3-6,10,13H,1-2,7-8H2,(H2,16,19,20). The molecule has 1 atom stereocenters. The van der Waals surface area contributed by atoms with Crippen LogP contribution in [-0.2, 0) is 10.0 Å². The molecule has 0 spiro atoms. The predicted octanol–water partition coefficient (Wildman–Crippen LogP) is 1.18. The van der Waals surface area contributed by atoms with Gasteiger partial charge in [0.2, 0.25) is 10.0 Å². The van der Waals surface area contributed by atoms with Crippen molar-refractivity contribution in [2.24, 2.45) is 5.14 Å². The van der Waals surface area contributed by atoms with Crippen molar-refractivity contribution in [1.82, 2.24) is 4.90 Å². The first-order chi connectivity index (χ1) is 10.3. The number of benzene rings is 1. The van der Waals surface area contributed by atoms with E-state index in [1.807, 2.05) is 0 Å². The Morgan fingerprint density at radius 2 is 2.00 bits per heavy atom. The smallest absolute Gasteiger partial charge is 0.387 e. The molecule has 1 amide bonds. The van der Waals surface area contributed by atoms with Crippen LogP contribution in [0.25, 0.3) is 0 Å². The third-order valence-corrected chi connectivity index (χ3v) is 4.24. The van der Waals surface area contributed by atoms with Crippen molar-refractivity contribution in [2.45, 2.75) is 25.5 Å². The van der Waals surface area contributed by atoms with E-state index in [1.165, 1.54) is 29.2 Å². The fraction of sp³-hybridized carbons (Fsp3) is 0.462. The third kappa shape index (κ3) is 4.38. The zero-order valence-electron chi connectivity index (χ0n) is 11.6. The van der Waals surface area contributed by atoms with E-state index < -0.39 is 22.7 Å². The molecule has 1 heterocycles. The quantitative estimate of drug-likeness (QED) is 0.875. The van der Waals surface area contributed by atoms with Crippen LogP contribution >= 0.6 is 0 Å². The van der Waals surface area contributed by atoms with Crippen LogP contribution in [0.5, 0.6) is 5.75 Å². The molecule has 122 valence electrons. The molecule has 1 aliphatic heterocycles. The molecule has 22 heavy (non-hydrogen) atoms. The zero-order valence-corrected chi connectivity index (χ0v) is 12.4. The van der Waals surface area contributed by atoms with Gasteiger partial charge in [-0.15, -0.1) is 0 Å². The lowest BCUT2D eigenvalue weighted by Gasteiger charge is -2.24. The van der Waals surface area contributed by atoms with Crippen molar-refractivity contribution in [1.29, 1.82) is 0 Å². The van der Waals surface area contributed by atoms with Gasteiger partial charge in [0.1, 0.15) is 5.75 Å². The van der Waals surface area contributed by atoms with Crippen LogP contribution in [0.2, 0.25) is 0 Å². The first-order valence-electron chi connectivity index (χ1n) is 6.62. The molecule has 1 aromatic rings. The molecule has 2 N–H and O–H groups in total. The zero-order chi connectivity index (χ0) is 16.3. The maximum atomic E-state index is 12.4. The van der Waals surface area contributed by atoms with Crippen LogP contribution in [0.15, 0.2) is 24.3 Å². The second kappa shape index (κ2) is 6.57. The van der Waals surface area contributed by atoms with Gasteiger partial charge in [-0.1, -0.05) is 0 Å². The van der Waals surface area contributed by atoms with Crippen molar-refractivity contribution < 1.29 is 26.7 Å². The molecule has 0 aliphatic carbocycles. The van der Waals surface area contributed by atoms with Crippen LogP contribution in [-0.4, -0.2) is 44.2 Å². The Morgan fingerprint density at radius 1 is 1.36 bits per heavy atom. The van der Waals surface area contributed by atoms with Gasteiger partial charge in [-0.25, -0.2) is 13.6 Å². The molecule has 2 rings (SSSR count). The predicted molar refractivity (Wildman–Crippen MR) is 75.1 cm³/mol. The molecule has 0 radical (unpaired) electrons. The second-order valence-electron chi connectivity index (χ2n) is 5.03. The Hall–Kier alpha value is -1.74. The number of nitrogens with two attached hydrogens (primary N) is 1. The van der Waals surface area contributed by atoms with Crippen molar-refractivity contribution in [3.05, 3.63) is 29.8 Å². The number of nitrogens with zero attached hydrogens (tertiary/aromatic N) is 1. The molecule has 1 aromatic carbocycles. The van der Waals surface area contributed by atoms with E-state index in [0.717, 1.165) is 0 Å². The highest BCUT2D eigenvalue weighted by atomic mass is 32.2. The number of sulfonamides is 1. The minimum Gasteiger partial charge on any atom is -0.435 e. The first kappa shape index (κ1) is 16.6. The average Bonchev–Trinajstić information content (AvgIpc) is 2.84. The molecule has 1 fully saturated rings. The first-order valence-corrected chi connectivity index (χ1v) is 8.34. The molecule has 0 saturated carbocycles. The number of carbonyl (C=O) groups excluding carboxylic acids is 1. The lowest BCUT2D eigenvalue weighted by atomic mass is 10.1. The van der Waals surface area contributed by atoms with Crippen molar-refractivity contribution in [3.63, 3.8) is 0 Å². The van der Waals surface area contributed by atoms with Crippen molar-refractivity contribution in [2.75, 3.05) is 12.3 Å². The monoisotopic (exact) mass is 334 g/mol. The van der Waals surface area contributed by atoms with E-state index in [1.54, 1.807) is 0 Å². The number of carbonyl (C=O) groups is 1. The highest BCUT2D eigenvalue weighted by Gasteiger charge is 2.31. The van der Waals surface area contributed by atoms with Gasteiger partial charge < -0.3 is 9.64 Å². The maximum absolute atomic E-state index is 12.4. The van der Waals surface area contributed by atoms with Crippen molar-refractivity contribution >= 4 is 15.9 Å². The summed E-state index contributed by atoms with van der Waals surface area (Å²) >= 11 is 0. The Bertz CT molecular complexity index is 634. The van der Waals surface area contributed by atoms with E-state index in [2.05, 4.69) is 4.74 Å². The lowest BCUT2D eigenvalue weighted by molar-refractivity contribution is -0.0498. The number of hydrogen-bond acceptors (Lipinski definition) is 4. The van der Waals surface area contributed by atoms with Gasteiger partial charge in [0.05, 0.1) is 5.75 Å². The largest absolute Gasteiger partial charge is 0.435 e. The van der Waals surface area contributed by atoms with Crippen LogP contribution in [0.1, 0.15) is 23.2 Å². The summed E-state index contributed by atoms with van der Waals surface area (Å²) in [4.78, 5) is 13.8. The third-order valence-electron chi connectivity index (χ3n) is 3.39. The summed E-state index contributed by atoms with van der Waals surface area (Å²) in [5.41, 5.74) is 0.280. The van der Waals surface area contributed by atoms with Gasteiger partial charge in [0.25, 0.3) is 5.91 Å². The average molecular weight is 334 g/mol. The van der Waals surface area contributed by atoms with Gasteiger partial charge in [0, 0.05) is 18.2 Å². The summed E-state index contributed by atoms with van der Waals surface area (Å²) < 4.78 is 50.7. The van der Waals surface area contributed by atoms with E-state index in [9.17, 15) is 22.0 Å². The number of likely N-dealkylation sites (tertiary alicyclic amines) is 1. The van der Waals surface area contributed by atoms with Gasteiger partial charge in [-0.05, 0) is 37.1 Å². The Labute approximate surface area is 126 Å². The van der Waals surface area contributed by atoms with Crippen LogP contribution in [0.3, 0.4) is 0 Å². The van der Waals surface area contributed by atoms with Gasteiger partial charge >= 0.3 is 6.61 Å². The molecular formula is C13H16F2N2O4S.